The van der Waals surface area contributed by atoms with Gasteiger partial charge in [-0.1, -0.05) is 19.8 Å². The lowest BCUT2D eigenvalue weighted by Gasteiger charge is -2.27. The van der Waals surface area contributed by atoms with Crippen molar-refractivity contribution in [1.82, 2.24) is 9.71 Å². The number of hydrogen-bond acceptors (Lipinski definition) is 4. The Morgan fingerprint density at radius 3 is 2.65 bits per heavy atom. The van der Waals surface area contributed by atoms with Crippen molar-refractivity contribution in [2.24, 2.45) is 5.41 Å². The largest absolute Gasteiger partial charge is 0.372 e. The van der Waals surface area contributed by atoms with E-state index in [4.69, 9.17) is 0 Å². The van der Waals surface area contributed by atoms with Gasteiger partial charge in [-0.3, -0.25) is 0 Å². The Kier molecular flexibility index (Phi) is 4.65. The number of aromatic nitrogens is 1. The van der Waals surface area contributed by atoms with Crippen LogP contribution in [0.4, 0.5) is 5.82 Å². The number of hydrogen-bond donors (Lipinski definition) is 2. The summed E-state index contributed by atoms with van der Waals surface area (Å²) in [5.41, 5.74) is 0.134. The molecular weight excluding hydrogens is 274 g/mol. The normalized spacial score (nSPS) is 18.1. The fourth-order valence-corrected chi connectivity index (χ4v) is 4.22. The maximum Gasteiger partial charge on any atom is 0.244 e. The molecule has 1 aliphatic carbocycles. The van der Waals surface area contributed by atoms with E-state index in [9.17, 15) is 8.42 Å². The SMILES string of the molecule is CCC1(CNS(=O)(=O)c2cccnc2NC)CCCC1. The predicted molar refractivity (Wildman–Crippen MR) is 80.2 cm³/mol. The van der Waals surface area contributed by atoms with Crippen molar-refractivity contribution >= 4 is 15.8 Å². The summed E-state index contributed by atoms with van der Waals surface area (Å²) in [4.78, 5) is 4.27. The molecule has 0 aliphatic heterocycles. The van der Waals surface area contributed by atoms with Gasteiger partial charge in [0.2, 0.25) is 10.0 Å². The molecule has 0 bridgehead atoms. The number of sulfonamides is 1. The molecule has 2 rings (SSSR count). The van der Waals surface area contributed by atoms with E-state index in [-0.39, 0.29) is 10.3 Å². The molecule has 1 heterocycles. The zero-order valence-corrected chi connectivity index (χ0v) is 13.0. The van der Waals surface area contributed by atoms with Gasteiger partial charge in [0.05, 0.1) is 0 Å². The maximum atomic E-state index is 12.4. The van der Waals surface area contributed by atoms with Crippen LogP contribution in [0, 0.1) is 5.41 Å². The summed E-state index contributed by atoms with van der Waals surface area (Å²) >= 11 is 0. The lowest BCUT2D eigenvalue weighted by molar-refractivity contribution is 0.285. The van der Waals surface area contributed by atoms with Crippen LogP contribution in [-0.4, -0.2) is 27.0 Å². The molecule has 6 heteroatoms. The molecule has 112 valence electrons. The van der Waals surface area contributed by atoms with Gasteiger partial charge in [-0.15, -0.1) is 0 Å². The van der Waals surface area contributed by atoms with Crippen LogP contribution in [-0.2, 0) is 10.0 Å². The van der Waals surface area contributed by atoms with Gasteiger partial charge in [0.15, 0.2) is 0 Å². The monoisotopic (exact) mass is 297 g/mol. The van der Waals surface area contributed by atoms with Gasteiger partial charge >= 0.3 is 0 Å². The first-order valence-corrected chi connectivity index (χ1v) is 8.64. The molecule has 2 N–H and O–H groups in total. The highest BCUT2D eigenvalue weighted by Crippen LogP contribution is 2.40. The lowest BCUT2D eigenvalue weighted by atomic mass is 9.84. The minimum atomic E-state index is -3.51. The van der Waals surface area contributed by atoms with E-state index in [0.717, 1.165) is 19.3 Å². The summed E-state index contributed by atoms with van der Waals surface area (Å²) in [6.45, 7) is 2.66. The van der Waals surface area contributed by atoms with Crippen LogP contribution in [0.1, 0.15) is 39.0 Å². The van der Waals surface area contributed by atoms with Crippen molar-refractivity contribution in [3.8, 4) is 0 Å². The van der Waals surface area contributed by atoms with Gasteiger partial charge in [-0.25, -0.2) is 18.1 Å². The molecule has 0 aromatic carbocycles. The van der Waals surface area contributed by atoms with Gasteiger partial charge < -0.3 is 5.32 Å². The molecule has 0 atom stereocenters. The third-order valence-electron chi connectivity index (χ3n) is 4.35. The minimum absolute atomic E-state index is 0.134. The van der Waals surface area contributed by atoms with E-state index >= 15 is 0 Å². The number of pyridine rings is 1. The van der Waals surface area contributed by atoms with Crippen molar-refractivity contribution in [3.05, 3.63) is 18.3 Å². The molecule has 0 radical (unpaired) electrons. The third kappa shape index (κ3) is 3.12. The molecule has 0 amide bonds. The van der Waals surface area contributed by atoms with Gasteiger partial charge in [-0.05, 0) is 36.8 Å². The predicted octanol–water partition coefficient (Wildman–Crippen LogP) is 2.37. The van der Waals surface area contributed by atoms with Crippen molar-refractivity contribution < 1.29 is 8.42 Å². The molecule has 5 nitrogen and oxygen atoms in total. The molecular formula is C14H23N3O2S. The van der Waals surface area contributed by atoms with E-state index in [1.807, 2.05) is 0 Å². The zero-order valence-electron chi connectivity index (χ0n) is 12.1. The smallest absolute Gasteiger partial charge is 0.244 e. The quantitative estimate of drug-likeness (QED) is 0.845. The Morgan fingerprint density at radius 2 is 2.05 bits per heavy atom. The average molecular weight is 297 g/mol. The van der Waals surface area contributed by atoms with E-state index in [1.54, 1.807) is 25.4 Å². The third-order valence-corrected chi connectivity index (χ3v) is 5.78. The molecule has 0 unspecified atom stereocenters. The Bertz CT molecular complexity index is 551. The second-order valence-corrected chi connectivity index (χ2v) is 7.22. The number of nitrogens with one attached hydrogen (secondary N) is 2. The molecule has 20 heavy (non-hydrogen) atoms. The summed E-state index contributed by atoms with van der Waals surface area (Å²) in [5, 5.41) is 2.82. The first-order valence-electron chi connectivity index (χ1n) is 7.15. The lowest BCUT2D eigenvalue weighted by Crippen LogP contribution is -2.35. The van der Waals surface area contributed by atoms with Crippen molar-refractivity contribution in [2.45, 2.75) is 43.9 Å². The van der Waals surface area contributed by atoms with Crippen LogP contribution in [0.25, 0.3) is 0 Å². The summed E-state index contributed by atoms with van der Waals surface area (Å²) in [6.07, 6.45) is 7.21. The Labute approximate surface area is 121 Å². The summed E-state index contributed by atoms with van der Waals surface area (Å²) in [7, 11) is -1.84. The second kappa shape index (κ2) is 6.10. The molecule has 1 aliphatic rings. The summed E-state index contributed by atoms with van der Waals surface area (Å²) in [5.74, 6) is 0.386. The maximum absolute atomic E-state index is 12.4. The Hall–Kier alpha value is -1.14. The summed E-state index contributed by atoms with van der Waals surface area (Å²) < 4.78 is 27.6. The molecule has 1 saturated carbocycles. The first-order chi connectivity index (χ1) is 9.53. The fraction of sp³-hybridized carbons (Fsp3) is 0.643. The van der Waals surface area contributed by atoms with Crippen LogP contribution >= 0.6 is 0 Å². The van der Waals surface area contributed by atoms with Crippen LogP contribution in [0.3, 0.4) is 0 Å². The van der Waals surface area contributed by atoms with E-state index in [0.29, 0.717) is 12.4 Å². The summed E-state index contributed by atoms with van der Waals surface area (Å²) in [6, 6.07) is 3.22. The first kappa shape index (κ1) is 15.3. The molecule has 0 spiro atoms. The number of anilines is 1. The van der Waals surface area contributed by atoms with Crippen LogP contribution < -0.4 is 10.0 Å². The van der Waals surface area contributed by atoms with Crippen LogP contribution in [0.5, 0.6) is 0 Å². The van der Waals surface area contributed by atoms with Gasteiger partial charge in [0.1, 0.15) is 10.7 Å². The Morgan fingerprint density at radius 1 is 1.35 bits per heavy atom. The van der Waals surface area contributed by atoms with Crippen molar-refractivity contribution in [1.29, 1.82) is 0 Å². The highest BCUT2D eigenvalue weighted by molar-refractivity contribution is 7.89. The van der Waals surface area contributed by atoms with Crippen molar-refractivity contribution in [2.75, 3.05) is 18.9 Å². The molecule has 1 fully saturated rings. The average Bonchev–Trinajstić information content (AvgIpc) is 2.95. The Balaban J connectivity index is 2.15. The van der Waals surface area contributed by atoms with Gasteiger partial charge in [0, 0.05) is 19.8 Å². The molecule has 1 aromatic heterocycles. The number of nitrogens with zero attached hydrogens (tertiary/aromatic N) is 1. The highest BCUT2D eigenvalue weighted by Gasteiger charge is 2.33. The van der Waals surface area contributed by atoms with Gasteiger partial charge in [-0.2, -0.15) is 0 Å². The molecule has 0 saturated heterocycles. The zero-order chi connectivity index (χ0) is 14.6. The van der Waals surface area contributed by atoms with Gasteiger partial charge in [0.25, 0.3) is 0 Å². The standard InChI is InChI=1S/C14H23N3O2S/c1-3-14(8-4-5-9-14)11-17-20(18,19)12-7-6-10-16-13(12)15-2/h6-7,10,17H,3-5,8-9,11H2,1-2H3,(H,15,16). The van der Waals surface area contributed by atoms with Crippen LogP contribution in [0.2, 0.25) is 0 Å². The van der Waals surface area contributed by atoms with Crippen LogP contribution in [0.15, 0.2) is 23.2 Å². The van der Waals surface area contributed by atoms with E-state index in [2.05, 4.69) is 21.9 Å². The van der Waals surface area contributed by atoms with E-state index < -0.39 is 10.0 Å². The topological polar surface area (TPSA) is 71.1 Å². The molecule has 1 aromatic rings. The highest BCUT2D eigenvalue weighted by atomic mass is 32.2. The number of rotatable bonds is 6. The fourth-order valence-electron chi connectivity index (χ4n) is 2.90. The minimum Gasteiger partial charge on any atom is -0.372 e. The second-order valence-electron chi connectivity index (χ2n) is 5.49. The van der Waals surface area contributed by atoms with Crippen molar-refractivity contribution in [3.63, 3.8) is 0 Å². The van der Waals surface area contributed by atoms with E-state index in [1.165, 1.54) is 12.8 Å².